The number of aryl methyl sites for hydroxylation is 1. The summed E-state index contributed by atoms with van der Waals surface area (Å²) in [5.74, 6) is 0.577. The van der Waals surface area contributed by atoms with Gasteiger partial charge in [-0.1, -0.05) is 40.5 Å². The third kappa shape index (κ3) is 2.75. The van der Waals surface area contributed by atoms with E-state index in [1.807, 2.05) is 48.2 Å². The number of nitrogens with zero attached hydrogens (tertiary/aromatic N) is 1. The molecule has 1 heterocycles. The fraction of sp³-hybridized carbons (Fsp3) is 0.278. The average molecular weight is 344 g/mol. The summed E-state index contributed by atoms with van der Waals surface area (Å²) in [5.41, 5.74) is 4.17. The first-order valence-corrected chi connectivity index (χ1v) is 8.03. The van der Waals surface area contributed by atoms with Gasteiger partial charge in [0.2, 0.25) is 0 Å². The lowest BCUT2D eigenvalue weighted by molar-refractivity contribution is 0.0984. The van der Waals surface area contributed by atoms with Crippen molar-refractivity contribution in [1.82, 2.24) is 0 Å². The van der Waals surface area contributed by atoms with Crippen molar-refractivity contribution in [1.29, 1.82) is 0 Å². The summed E-state index contributed by atoms with van der Waals surface area (Å²) < 4.78 is 1.07. The normalized spacial score (nSPS) is 17.5. The lowest BCUT2D eigenvalue weighted by Crippen LogP contribution is -2.36. The van der Waals surface area contributed by atoms with Gasteiger partial charge in [-0.2, -0.15) is 0 Å². The molecule has 2 aromatic carbocycles. The molecule has 21 heavy (non-hydrogen) atoms. The quantitative estimate of drug-likeness (QED) is 0.720. The van der Waals surface area contributed by atoms with Crippen LogP contribution in [0.1, 0.15) is 40.7 Å². The lowest BCUT2D eigenvalue weighted by atomic mass is 9.91. The summed E-state index contributed by atoms with van der Waals surface area (Å²) in [4.78, 5) is 14.7. The molecule has 1 unspecified atom stereocenters. The first-order chi connectivity index (χ1) is 10.1. The van der Waals surface area contributed by atoms with E-state index in [4.69, 9.17) is 0 Å². The van der Waals surface area contributed by atoms with Crippen LogP contribution >= 0.6 is 15.9 Å². The van der Waals surface area contributed by atoms with E-state index in [1.54, 1.807) is 0 Å². The monoisotopic (exact) mass is 343 g/mol. The van der Waals surface area contributed by atoms with Crippen LogP contribution in [-0.4, -0.2) is 12.5 Å². The number of amides is 1. The van der Waals surface area contributed by atoms with Crippen LogP contribution in [0.15, 0.2) is 46.9 Å². The second-order valence-corrected chi connectivity index (χ2v) is 6.63. The Morgan fingerprint density at radius 1 is 1.24 bits per heavy atom. The largest absolute Gasteiger partial charge is 0.308 e. The number of fused-ring (bicyclic) bond motifs is 1. The predicted octanol–water partition coefficient (Wildman–Crippen LogP) is 4.91. The molecule has 2 nitrogen and oxygen atoms in total. The molecular formula is C18H18BrNO. The molecule has 1 aliphatic rings. The first-order valence-electron chi connectivity index (χ1n) is 7.24. The molecule has 108 valence electrons. The number of anilines is 1. The van der Waals surface area contributed by atoms with E-state index in [-0.39, 0.29) is 5.91 Å². The second kappa shape index (κ2) is 5.64. The number of benzene rings is 2. The van der Waals surface area contributed by atoms with E-state index in [1.165, 1.54) is 5.56 Å². The van der Waals surface area contributed by atoms with Crippen molar-refractivity contribution < 1.29 is 4.79 Å². The van der Waals surface area contributed by atoms with E-state index >= 15 is 0 Å². The van der Waals surface area contributed by atoms with E-state index < -0.39 is 0 Å². The number of rotatable bonds is 1. The number of halogens is 1. The summed E-state index contributed by atoms with van der Waals surface area (Å²) in [6.07, 6.45) is 1.00. The molecule has 0 N–H and O–H groups in total. The standard InChI is InChI=1S/C18H18BrNO/c1-12-4-3-5-14(10-12)18(21)20-9-8-13(2)16-11-15(19)6-7-17(16)20/h3-7,10-11,13H,8-9H2,1-2H3. The van der Waals surface area contributed by atoms with Crippen LogP contribution < -0.4 is 4.90 Å². The van der Waals surface area contributed by atoms with Gasteiger partial charge in [-0.15, -0.1) is 0 Å². The molecule has 2 aromatic rings. The Hall–Kier alpha value is -1.61. The van der Waals surface area contributed by atoms with Crippen LogP contribution in [0.25, 0.3) is 0 Å². The van der Waals surface area contributed by atoms with Gasteiger partial charge < -0.3 is 4.90 Å². The van der Waals surface area contributed by atoms with Gasteiger partial charge in [0.15, 0.2) is 0 Å². The number of hydrogen-bond acceptors (Lipinski definition) is 1. The average Bonchev–Trinajstić information content (AvgIpc) is 2.47. The molecule has 1 atom stereocenters. The Labute approximate surface area is 133 Å². The van der Waals surface area contributed by atoms with E-state index in [9.17, 15) is 4.79 Å². The van der Waals surface area contributed by atoms with Gasteiger partial charge in [-0.05, 0) is 55.2 Å². The third-order valence-electron chi connectivity index (χ3n) is 4.11. The Balaban J connectivity index is 2.01. The molecule has 0 saturated heterocycles. The molecule has 3 heteroatoms. The maximum absolute atomic E-state index is 12.8. The van der Waals surface area contributed by atoms with Gasteiger partial charge >= 0.3 is 0 Å². The van der Waals surface area contributed by atoms with E-state index in [2.05, 4.69) is 28.9 Å². The number of carbonyl (C=O) groups excluding carboxylic acids is 1. The molecule has 0 saturated carbocycles. The minimum atomic E-state index is 0.0918. The fourth-order valence-corrected chi connectivity index (χ4v) is 3.29. The molecule has 3 rings (SSSR count). The minimum Gasteiger partial charge on any atom is -0.308 e. The maximum Gasteiger partial charge on any atom is 0.258 e. The molecule has 0 bridgehead atoms. The second-order valence-electron chi connectivity index (χ2n) is 5.72. The van der Waals surface area contributed by atoms with Crippen molar-refractivity contribution in [2.24, 2.45) is 0 Å². The smallest absolute Gasteiger partial charge is 0.258 e. The molecule has 0 aliphatic carbocycles. The van der Waals surface area contributed by atoms with E-state index in [0.29, 0.717) is 5.92 Å². The van der Waals surface area contributed by atoms with Crippen LogP contribution in [-0.2, 0) is 0 Å². The van der Waals surface area contributed by atoms with Crippen LogP contribution in [0.5, 0.6) is 0 Å². The third-order valence-corrected chi connectivity index (χ3v) is 4.60. The van der Waals surface area contributed by atoms with Gasteiger partial charge in [-0.25, -0.2) is 0 Å². The SMILES string of the molecule is Cc1cccc(C(=O)N2CCC(C)c3cc(Br)ccc32)c1. The number of carbonyl (C=O) groups is 1. The predicted molar refractivity (Wildman–Crippen MR) is 90.0 cm³/mol. The summed E-state index contributed by atoms with van der Waals surface area (Å²) in [7, 11) is 0. The number of hydrogen-bond donors (Lipinski definition) is 0. The van der Waals surface area contributed by atoms with Crippen LogP contribution in [0, 0.1) is 6.92 Å². The van der Waals surface area contributed by atoms with Gasteiger partial charge in [-0.3, -0.25) is 4.79 Å². The highest BCUT2D eigenvalue weighted by Gasteiger charge is 2.27. The molecule has 0 fully saturated rings. The van der Waals surface area contributed by atoms with Crippen LogP contribution in [0.4, 0.5) is 5.69 Å². The molecule has 0 spiro atoms. The van der Waals surface area contributed by atoms with Crippen molar-refractivity contribution in [3.8, 4) is 0 Å². The highest BCUT2D eigenvalue weighted by atomic mass is 79.9. The summed E-state index contributed by atoms with van der Waals surface area (Å²) in [6.45, 7) is 5.02. The maximum atomic E-state index is 12.8. The van der Waals surface area contributed by atoms with Crippen LogP contribution in [0.2, 0.25) is 0 Å². The van der Waals surface area contributed by atoms with Gasteiger partial charge in [0.05, 0.1) is 0 Å². The first kappa shape index (κ1) is 14.3. The highest BCUT2D eigenvalue weighted by molar-refractivity contribution is 9.10. The highest BCUT2D eigenvalue weighted by Crippen LogP contribution is 2.37. The van der Waals surface area contributed by atoms with Crippen molar-refractivity contribution >= 4 is 27.5 Å². The van der Waals surface area contributed by atoms with Gasteiger partial charge in [0, 0.05) is 22.3 Å². The van der Waals surface area contributed by atoms with Crippen molar-refractivity contribution in [2.75, 3.05) is 11.4 Å². The minimum absolute atomic E-state index is 0.0918. The Bertz CT molecular complexity index is 695. The topological polar surface area (TPSA) is 20.3 Å². The zero-order valence-corrected chi connectivity index (χ0v) is 13.9. The Kier molecular flexibility index (Phi) is 3.85. The Morgan fingerprint density at radius 3 is 2.81 bits per heavy atom. The van der Waals surface area contributed by atoms with Crippen molar-refractivity contribution in [3.63, 3.8) is 0 Å². The van der Waals surface area contributed by atoms with Crippen LogP contribution in [0.3, 0.4) is 0 Å². The van der Waals surface area contributed by atoms with E-state index in [0.717, 1.165) is 34.3 Å². The Morgan fingerprint density at radius 2 is 2.05 bits per heavy atom. The van der Waals surface area contributed by atoms with Gasteiger partial charge in [0.1, 0.15) is 0 Å². The zero-order chi connectivity index (χ0) is 15.0. The molecular weight excluding hydrogens is 326 g/mol. The fourth-order valence-electron chi connectivity index (χ4n) is 2.91. The van der Waals surface area contributed by atoms with Crippen molar-refractivity contribution in [3.05, 3.63) is 63.6 Å². The summed E-state index contributed by atoms with van der Waals surface area (Å²) in [6, 6.07) is 14.0. The lowest BCUT2D eigenvalue weighted by Gasteiger charge is -2.33. The zero-order valence-electron chi connectivity index (χ0n) is 12.3. The van der Waals surface area contributed by atoms with Gasteiger partial charge in [0.25, 0.3) is 5.91 Å². The summed E-state index contributed by atoms with van der Waals surface area (Å²) >= 11 is 3.53. The molecule has 0 aromatic heterocycles. The molecule has 0 radical (unpaired) electrons. The van der Waals surface area contributed by atoms with Crippen molar-refractivity contribution in [2.45, 2.75) is 26.2 Å². The summed E-state index contributed by atoms with van der Waals surface area (Å²) in [5, 5.41) is 0. The molecule has 1 amide bonds. The molecule has 1 aliphatic heterocycles.